The van der Waals surface area contributed by atoms with E-state index in [1.54, 1.807) is 31.2 Å². The number of esters is 1. The van der Waals surface area contributed by atoms with Crippen molar-refractivity contribution in [1.82, 2.24) is 10.2 Å². The monoisotopic (exact) mass is 449 g/mol. The molecule has 1 aromatic heterocycles. The van der Waals surface area contributed by atoms with Crippen molar-refractivity contribution in [3.8, 4) is 0 Å². The molecule has 3 atom stereocenters. The van der Waals surface area contributed by atoms with Crippen LogP contribution in [0.4, 0.5) is 5.69 Å². The van der Waals surface area contributed by atoms with Crippen LogP contribution in [0.25, 0.3) is 0 Å². The van der Waals surface area contributed by atoms with Gasteiger partial charge in [-0.05, 0) is 50.1 Å². The Balaban J connectivity index is 1.80. The van der Waals surface area contributed by atoms with E-state index in [-0.39, 0.29) is 17.9 Å². The number of aryl methyl sites for hydroxylation is 2. The average molecular weight is 450 g/mol. The van der Waals surface area contributed by atoms with Crippen molar-refractivity contribution in [1.29, 1.82) is 0 Å². The molecule has 0 bridgehead atoms. The van der Waals surface area contributed by atoms with Gasteiger partial charge in [0.05, 0.1) is 24.2 Å². The Hall–Kier alpha value is -3.65. The Kier molecular flexibility index (Phi) is 5.71. The van der Waals surface area contributed by atoms with Crippen LogP contribution < -0.4 is 10.9 Å². The molecule has 1 aliphatic rings. The zero-order valence-corrected chi connectivity index (χ0v) is 19.0. The van der Waals surface area contributed by atoms with Crippen LogP contribution in [0, 0.1) is 19.8 Å². The lowest BCUT2D eigenvalue weighted by molar-refractivity contribution is -0.130. The van der Waals surface area contributed by atoms with Gasteiger partial charge >= 0.3 is 5.97 Å². The maximum Gasteiger partial charge on any atom is 0.337 e. The molecule has 4 rings (SSSR count). The fourth-order valence-electron chi connectivity index (χ4n) is 4.77. The summed E-state index contributed by atoms with van der Waals surface area (Å²) in [6.07, 6.45) is 0.114. The molecule has 2 aromatic carbocycles. The molecular formula is C25H27N3O5. The number of amides is 1. The fraction of sp³-hybridized carbons (Fsp3) is 0.320. The van der Waals surface area contributed by atoms with Crippen LogP contribution in [0.2, 0.25) is 0 Å². The molecule has 3 unspecified atom stereocenters. The number of nitrogens with one attached hydrogen (secondary N) is 3. The van der Waals surface area contributed by atoms with Gasteiger partial charge in [-0.2, -0.15) is 0 Å². The van der Waals surface area contributed by atoms with Crippen LogP contribution in [0.3, 0.4) is 0 Å². The topological polar surface area (TPSA) is 124 Å². The van der Waals surface area contributed by atoms with E-state index >= 15 is 0 Å². The van der Waals surface area contributed by atoms with Gasteiger partial charge in [0.25, 0.3) is 5.56 Å². The van der Waals surface area contributed by atoms with E-state index in [2.05, 4.69) is 15.5 Å². The third kappa shape index (κ3) is 4.09. The molecule has 8 nitrogen and oxygen atoms in total. The van der Waals surface area contributed by atoms with Gasteiger partial charge in [-0.3, -0.25) is 14.7 Å². The third-order valence-corrected chi connectivity index (χ3v) is 6.36. The number of fused-ring (bicyclic) bond motifs is 1. The molecule has 4 N–H and O–H groups in total. The average Bonchev–Trinajstić information content (AvgIpc) is 3.13. The first kappa shape index (κ1) is 22.5. The summed E-state index contributed by atoms with van der Waals surface area (Å²) < 4.78 is 4.76. The second kappa shape index (κ2) is 8.37. The van der Waals surface area contributed by atoms with Gasteiger partial charge < -0.3 is 20.3 Å². The van der Waals surface area contributed by atoms with E-state index in [9.17, 15) is 19.5 Å². The second-order valence-electron chi connectivity index (χ2n) is 8.88. The second-order valence-corrected chi connectivity index (χ2v) is 8.88. The number of carbonyl (C=O) groups excluding carboxylic acids is 2. The highest BCUT2D eigenvalue weighted by Crippen LogP contribution is 2.44. The maximum absolute atomic E-state index is 13.6. The highest BCUT2D eigenvalue weighted by molar-refractivity contribution is 5.95. The number of carbonyl (C=O) groups is 2. The standard InChI is InChI=1S/C25H27N3O5/c1-13-5-10-17(14(2)11-13)26-23(30)21-19(15-6-8-16(9-7-15)24(31)33-4)20-18(12-25(21,3)32)27-28-22(20)29/h5-11,19,21,32H,12H2,1-4H3,(H,26,30)(H2,27,28,29). The van der Waals surface area contributed by atoms with Crippen molar-refractivity contribution in [3.05, 3.63) is 86.3 Å². The Morgan fingerprint density at radius 1 is 1.12 bits per heavy atom. The van der Waals surface area contributed by atoms with Crippen molar-refractivity contribution in [3.63, 3.8) is 0 Å². The molecule has 1 aliphatic carbocycles. The smallest absolute Gasteiger partial charge is 0.337 e. The number of aromatic amines is 2. The van der Waals surface area contributed by atoms with Gasteiger partial charge in [0, 0.05) is 29.3 Å². The number of H-pyrrole nitrogens is 2. The van der Waals surface area contributed by atoms with Gasteiger partial charge in [0.2, 0.25) is 5.91 Å². The largest absolute Gasteiger partial charge is 0.465 e. The van der Waals surface area contributed by atoms with Crippen LogP contribution in [0.15, 0.2) is 47.3 Å². The normalized spacial score (nSPS) is 21.8. The summed E-state index contributed by atoms with van der Waals surface area (Å²) in [6.45, 7) is 5.47. The van der Waals surface area contributed by atoms with E-state index in [1.165, 1.54) is 7.11 Å². The molecule has 33 heavy (non-hydrogen) atoms. The van der Waals surface area contributed by atoms with Gasteiger partial charge in [0.1, 0.15) is 0 Å². The van der Waals surface area contributed by atoms with Crippen LogP contribution >= 0.6 is 0 Å². The zero-order valence-electron chi connectivity index (χ0n) is 19.0. The quantitative estimate of drug-likeness (QED) is 0.456. The van der Waals surface area contributed by atoms with Gasteiger partial charge in [-0.15, -0.1) is 0 Å². The molecule has 8 heteroatoms. The number of hydrogen-bond donors (Lipinski definition) is 4. The summed E-state index contributed by atoms with van der Waals surface area (Å²) in [6, 6.07) is 12.2. The van der Waals surface area contributed by atoms with Crippen LogP contribution in [0.1, 0.15) is 51.1 Å². The van der Waals surface area contributed by atoms with Gasteiger partial charge in [-0.25, -0.2) is 4.79 Å². The summed E-state index contributed by atoms with van der Waals surface area (Å²) in [7, 11) is 1.30. The molecule has 0 saturated carbocycles. The highest BCUT2D eigenvalue weighted by atomic mass is 16.5. The number of rotatable bonds is 4. The number of benzene rings is 2. The van der Waals surface area contributed by atoms with Crippen molar-refractivity contribution >= 4 is 17.6 Å². The molecule has 3 aromatic rings. The number of ether oxygens (including phenoxy) is 1. The molecule has 0 spiro atoms. The molecule has 0 aliphatic heterocycles. The highest BCUT2D eigenvalue weighted by Gasteiger charge is 2.50. The van der Waals surface area contributed by atoms with E-state index in [0.29, 0.717) is 28.1 Å². The van der Waals surface area contributed by atoms with E-state index in [1.807, 2.05) is 32.0 Å². The number of methoxy groups -OCH3 is 1. The Morgan fingerprint density at radius 3 is 2.45 bits per heavy atom. The fourth-order valence-corrected chi connectivity index (χ4v) is 4.77. The molecule has 0 fully saturated rings. The zero-order chi connectivity index (χ0) is 23.9. The number of hydrogen-bond acceptors (Lipinski definition) is 5. The number of aromatic nitrogens is 2. The van der Waals surface area contributed by atoms with Crippen molar-refractivity contribution in [2.45, 2.75) is 38.7 Å². The summed E-state index contributed by atoms with van der Waals surface area (Å²) >= 11 is 0. The van der Waals surface area contributed by atoms with Crippen LogP contribution in [-0.2, 0) is 16.0 Å². The minimum Gasteiger partial charge on any atom is -0.465 e. The molecule has 0 radical (unpaired) electrons. The minimum atomic E-state index is -1.44. The summed E-state index contributed by atoms with van der Waals surface area (Å²) in [5, 5.41) is 19.8. The summed E-state index contributed by atoms with van der Waals surface area (Å²) in [5.74, 6) is -2.55. The first-order chi connectivity index (χ1) is 15.6. The van der Waals surface area contributed by atoms with E-state index in [4.69, 9.17) is 4.74 Å². The van der Waals surface area contributed by atoms with Crippen molar-refractivity contribution in [2.75, 3.05) is 12.4 Å². The molecule has 1 heterocycles. The van der Waals surface area contributed by atoms with E-state index < -0.39 is 23.4 Å². The lowest BCUT2D eigenvalue weighted by Gasteiger charge is -2.41. The molecule has 172 valence electrons. The molecular weight excluding hydrogens is 422 g/mol. The third-order valence-electron chi connectivity index (χ3n) is 6.36. The lowest BCUT2D eigenvalue weighted by atomic mass is 9.66. The summed E-state index contributed by atoms with van der Waals surface area (Å²) in [5.41, 5.74) is 2.79. The van der Waals surface area contributed by atoms with E-state index in [0.717, 1.165) is 11.1 Å². The Bertz CT molecular complexity index is 1270. The Morgan fingerprint density at radius 2 is 1.82 bits per heavy atom. The van der Waals surface area contributed by atoms with Crippen molar-refractivity contribution in [2.24, 2.45) is 5.92 Å². The first-order valence-electron chi connectivity index (χ1n) is 10.7. The first-order valence-corrected chi connectivity index (χ1v) is 10.7. The predicted molar refractivity (Wildman–Crippen MR) is 123 cm³/mol. The number of aliphatic hydroxyl groups is 1. The Labute approximate surface area is 191 Å². The van der Waals surface area contributed by atoms with Crippen molar-refractivity contribution < 1.29 is 19.4 Å². The SMILES string of the molecule is COC(=O)c1ccc(C2c3c([nH][nH]c3=O)CC(C)(O)C2C(=O)Nc2ccc(C)cc2C)cc1. The minimum absolute atomic E-state index is 0.114. The molecule has 1 amide bonds. The van der Waals surface area contributed by atoms with Crippen LogP contribution in [0.5, 0.6) is 0 Å². The van der Waals surface area contributed by atoms with Gasteiger partial charge in [-0.1, -0.05) is 29.8 Å². The predicted octanol–water partition coefficient (Wildman–Crippen LogP) is 2.80. The number of anilines is 1. The molecule has 0 saturated heterocycles. The lowest BCUT2D eigenvalue weighted by Crippen LogP contribution is -2.51. The van der Waals surface area contributed by atoms with Crippen LogP contribution in [-0.4, -0.2) is 39.9 Å². The van der Waals surface area contributed by atoms with Gasteiger partial charge in [0.15, 0.2) is 0 Å². The maximum atomic E-state index is 13.6. The summed E-state index contributed by atoms with van der Waals surface area (Å²) in [4.78, 5) is 38.2.